The molecule has 0 heterocycles. The normalized spacial score (nSPS) is 14.0. The molecule has 0 aliphatic heterocycles. The Hall–Kier alpha value is -3.33. The number of rotatable bonds is 57. The van der Waals surface area contributed by atoms with E-state index in [-0.39, 0.29) is 26.1 Å². The van der Waals surface area contributed by atoms with Crippen molar-refractivity contribution in [3.63, 3.8) is 0 Å². The summed E-state index contributed by atoms with van der Waals surface area (Å²) in [6, 6.07) is 0. The molecule has 0 saturated carbocycles. The molecule has 0 fully saturated rings. The number of carbonyl (C=O) groups is 2. The zero-order chi connectivity index (χ0) is 57.0. The maximum atomic E-state index is 12.8. The lowest BCUT2D eigenvalue weighted by Crippen LogP contribution is -2.37. The Morgan fingerprint density at radius 3 is 1.09 bits per heavy atom. The molecule has 0 aromatic carbocycles. The Morgan fingerprint density at radius 2 is 0.731 bits per heavy atom. The summed E-state index contributed by atoms with van der Waals surface area (Å²) >= 11 is 0. The lowest BCUT2D eigenvalue weighted by molar-refractivity contribution is -0.870. The molecule has 0 rings (SSSR count). The molecule has 9 nitrogen and oxygen atoms in total. The number of likely N-dealkylation sites (N-methyl/N-ethyl adjacent to an activating group) is 1. The molecule has 0 saturated heterocycles. The smallest absolute Gasteiger partial charge is 0.306 e. The lowest BCUT2D eigenvalue weighted by Gasteiger charge is -2.28. The van der Waals surface area contributed by atoms with Crippen LogP contribution in [0.4, 0.5) is 0 Å². The van der Waals surface area contributed by atoms with Crippen LogP contribution in [0.3, 0.4) is 0 Å². The van der Waals surface area contributed by atoms with Crippen molar-refractivity contribution in [2.45, 2.75) is 264 Å². The van der Waals surface area contributed by atoms with E-state index in [9.17, 15) is 19.0 Å². The van der Waals surface area contributed by atoms with Crippen molar-refractivity contribution in [3.05, 3.63) is 109 Å². The molecule has 0 N–H and O–H groups in total. The van der Waals surface area contributed by atoms with Crippen molar-refractivity contribution in [2.24, 2.45) is 0 Å². The largest absolute Gasteiger partial charge is 0.756 e. The molecule has 0 aromatic rings. The summed E-state index contributed by atoms with van der Waals surface area (Å²) in [6.45, 7) is 4.10. The van der Waals surface area contributed by atoms with Crippen molar-refractivity contribution in [3.8, 4) is 0 Å². The van der Waals surface area contributed by atoms with E-state index >= 15 is 0 Å². The van der Waals surface area contributed by atoms with Gasteiger partial charge in [0, 0.05) is 12.8 Å². The number of hydrogen-bond donors (Lipinski definition) is 0. The summed E-state index contributed by atoms with van der Waals surface area (Å²) in [5, 5.41) is 0. The number of esters is 2. The fourth-order valence-corrected chi connectivity index (χ4v) is 9.16. The first-order chi connectivity index (χ1) is 38.0. The second-order valence-corrected chi connectivity index (χ2v) is 23.4. The van der Waals surface area contributed by atoms with Gasteiger partial charge in [-0.15, -0.1) is 0 Å². The van der Waals surface area contributed by atoms with Gasteiger partial charge in [0.25, 0.3) is 7.82 Å². The van der Waals surface area contributed by atoms with Crippen LogP contribution in [0.2, 0.25) is 0 Å². The molecule has 2 atom stereocenters. The summed E-state index contributed by atoms with van der Waals surface area (Å²) in [5.41, 5.74) is 0. The summed E-state index contributed by atoms with van der Waals surface area (Å²) in [6.07, 6.45) is 81.4. The van der Waals surface area contributed by atoms with Crippen LogP contribution >= 0.6 is 7.82 Å². The quantitative estimate of drug-likeness (QED) is 0.0195. The number of ether oxygens (including phenoxy) is 2. The molecule has 0 spiro atoms. The molecule has 2 unspecified atom stereocenters. The van der Waals surface area contributed by atoms with Crippen molar-refractivity contribution in [1.29, 1.82) is 0 Å². The third kappa shape index (κ3) is 61.9. The molecular weight excluding hydrogens is 990 g/mol. The Kier molecular flexibility index (Phi) is 55.8. The highest BCUT2D eigenvalue weighted by molar-refractivity contribution is 7.45. The van der Waals surface area contributed by atoms with Crippen LogP contribution in [0.25, 0.3) is 0 Å². The van der Waals surface area contributed by atoms with Gasteiger partial charge in [-0.05, 0) is 103 Å². The number of hydrogen-bond acceptors (Lipinski definition) is 8. The summed E-state index contributed by atoms with van der Waals surface area (Å²) < 4.78 is 34.2. The number of unbranched alkanes of at least 4 members (excludes halogenated alkanes) is 25. The van der Waals surface area contributed by atoms with E-state index in [1.165, 1.54) is 122 Å². The number of quaternary nitrogens is 1. The molecule has 0 aliphatic rings. The van der Waals surface area contributed by atoms with Crippen LogP contribution in [0.1, 0.15) is 258 Å². The molecule has 0 radical (unpaired) electrons. The number of nitrogens with zero attached hydrogens (tertiary/aromatic N) is 1. The Labute approximate surface area is 480 Å². The van der Waals surface area contributed by atoms with Crippen LogP contribution in [0.15, 0.2) is 109 Å². The molecule has 0 aromatic heterocycles. The van der Waals surface area contributed by atoms with Gasteiger partial charge < -0.3 is 27.9 Å². The van der Waals surface area contributed by atoms with E-state index in [1.54, 1.807) is 0 Å². The first kappa shape index (κ1) is 74.7. The Balaban J connectivity index is 4.18. The van der Waals surface area contributed by atoms with Gasteiger partial charge in [0.05, 0.1) is 27.7 Å². The van der Waals surface area contributed by atoms with Gasteiger partial charge >= 0.3 is 11.9 Å². The maximum absolute atomic E-state index is 12.8. The van der Waals surface area contributed by atoms with E-state index in [2.05, 4.69) is 123 Å². The Bertz CT molecular complexity index is 1680. The topological polar surface area (TPSA) is 111 Å². The summed E-state index contributed by atoms with van der Waals surface area (Å²) in [5.74, 6) is -0.857. The van der Waals surface area contributed by atoms with Gasteiger partial charge in [0.2, 0.25) is 0 Å². The average Bonchev–Trinajstić information content (AvgIpc) is 3.41. The lowest BCUT2D eigenvalue weighted by atomic mass is 10.0. The van der Waals surface area contributed by atoms with E-state index in [4.69, 9.17) is 18.5 Å². The van der Waals surface area contributed by atoms with Gasteiger partial charge in [-0.3, -0.25) is 14.2 Å². The van der Waals surface area contributed by atoms with Gasteiger partial charge in [-0.25, -0.2) is 0 Å². The highest BCUT2D eigenvalue weighted by Gasteiger charge is 2.22. The minimum absolute atomic E-state index is 0.0401. The van der Waals surface area contributed by atoms with Crippen molar-refractivity contribution in [2.75, 3.05) is 47.5 Å². The molecule has 0 aliphatic carbocycles. The van der Waals surface area contributed by atoms with E-state index in [0.717, 1.165) is 103 Å². The van der Waals surface area contributed by atoms with Crippen LogP contribution in [-0.2, 0) is 32.7 Å². The fourth-order valence-electron chi connectivity index (χ4n) is 8.43. The second kappa shape index (κ2) is 58.3. The van der Waals surface area contributed by atoms with Gasteiger partial charge in [-0.1, -0.05) is 252 Å². The summed E-state index contributed by atoms with van der Waals surface area (Å²) in [4.78, 5) is 38.0. The van der Waals surface area contributed by atoms with Crippen LogP contribution in [0.5, 0.6) is 0 Å². The molecule has 78 heavy (non-hydrogen) atoms. The zero-order valence-electron chi connectivity index (χ0n) is 50.8. The Morgan fingerprint density at radius 1 is 0.410 bits per heavy atom. The van der Waals surface area contributed by atoms with Gasteiger partial charge in [0.1, 0.15) is 19.8 Å². The molecular formula is C68H118NO8P. The highest BCUT2D eigenvalue weighted by Crippen LogP contribution is 2.38. The minimum Gasteiger partial charge on any atom is -0.756 e. The standard InChI is InChI=1S/C68H118NO8P/c1-6-8-10-12-14-16-18-20-22-24-26-28-30-32-34-36-38-40-42-44-46-48-50-52-54-56-58-60-67(70)74-64-66(65-76-78(72,73)75-63-62-69(3,4)5)77-68(71)61-59-57-55-53-51-49-47-45-43-41-39-37-35-33-31-29-27-25-23-21-19-17-15-13-11-9-7-2/h9,11,15,17-18,20-21,23-24,26-27,29,33,35,39,41,45,47,66H,6-8,10,12-14,16,19,22,25,28,30-32,34,36-38,40,42-44,46,48-65H2,1-5H3/b11-9-,17-15-,20-18-,23-21-,26-24-,29-27-,35-33-,41-39-,47-45-. The number of carbonyl (C=O) groups excluding carboxylic acids is 2. The number of allylic oxidation sites excluding steroid dienone is 18. The first-order valence-electron chi connectivity index (χ1n) is 31.6. The number of phosphoric ester groups is 1. The van der Waals surface area contributed by atoms with E-state index in [0.29, 0.717) is 17.4 Å². The second-order valence-electron chi connectivity index (χ2n) is 22.0. The van der Waals surface area contributed by atoms with Gasteiger partial charge in [-0.2, -0.15) is 0 Å². The average molecular weight is 1110 g/mol. The summed E-state index contributed by atoms with van der Waals surface area (Å²) in [7, 11) is 1.14. The molecule has 0 amide bonds. The molecule has 0 bridgehead atoms. The van der Waals surface area contributed by atoms with Crippen LogP contribution < -0.4 is 4.89 Å². The van der Waals surface area contributed by atoms with E-state index in [1.807, 2.05) is 21.1 Å². The van der Waals surface area contributed by atoms with Crippen molar-refractivity contribution >= 4 is 19.8 Å². The fraction of sp³-hybridized carbons (Fsp3) is 0.706. The monoisotopic (exact) mass is 1110 g/mol. The predicted molar refractivity (Wildman–Crippen MR) is 332 cm³/mol. The number of phosphoric acid groups is 1. The maximum Gasteiger partial charge on any atom is 0.306 e. The zero-order valence-corrected chi connectivity index (χ0v) is 51.7. The molecule has 10 heteroatoms. The minimum atomic E-state index is -4.65. The third-order valence-corrected chi connectivity index (χ3v) is 14.2. The SMILES string of the molecule is CC/C=C\C/C=C\C/C=C\C/C=C\C/C=C\C/C=C\C/C=C\CCCCCCCC(=O)OC(COC(=O)CCCCCCCCCCCCCCCCC/C=C\C/C=C\CCCCCCC)COP(=O)([O-])OCC[N+](C)(C)C. The first-order valence-corrected chi connectivity index (χ1v) is 33.1. The highest BCUT2D eigenvalue weighted by atomic mass is 31.2. The van der Waals surface area contributed by atoms with E-state index < -0.39 is 32.5 Å². The van der Waals surface area contributed by atoms with Crippen molar-refractivity contribution in [1.82, 2.24) is 0 Å². The third-order valence-electron chi connectivity index (χ3n) is 13.3. The van der Waals surface area contributed by atoms with Crippen LogP contribution in [-0.4, -0.2) is 70.0 Å². The molecule has 448 valence electrons. The van der Waals surface area contributed by atoms with Crippen LogP contribution in [0, 0.1) is 0 Å². The predicted octanol–water partition coefficient (Wildman–Crippen LogP) is 19.5. The van der Waals surface area contributed by atoms with Crippen molar-refractivity contribution < 1.29 is 42.1 Å². The van der Waals surface area contributed by atoms with Gasteiger partial charge in [0.15, 0.2) is 6.10 Å².